The molecule has 20 heteroatoms. The molecule has 0 heterocycles. The highest BCUT2D eigenvalue weighted by Gasteiger charge is 2.30. The van der Waals surface area contributed by atoms with Crippen LogP contribution in [-0.4, -0.2) is 80.9 Å². The number of benzene rings is 2. The maximum Gasteiger partial charge on any atom is 0.295 e. The highest BCUT2D eigenvalue weighted by Crippen LogP contribution is 2.27. The molecule has 0 radical (unpaired) electrons. The zero-order valence-corrected chi connectivity index (χ0v) is 25.2. The van der Waals surface area contributed by atoms with Crippen molar-refractivity contribution in [2.24, 2.45) is 10.2 Å². The first-order valence-electron chi connectivity index (χ1n) is 12.8. The summed E-state index contributed by atoms with van der Waals surface area (Å²) in [5.74, 6) is -7.29. The molecule has 48 heavy (non-hydrogen) atoms. The van der Waals surface area contributed by atoms with Gasteiger partial charge in [0.25, 0.3) is 32.1 Å². The quantitative estimate of drug-likeness (QED) is 0.0487. The van der Waals surface area contributed by atoms with Crippen molar-refractivity contribution in [3.05, 3.63) is 94.9 Å². The van der Waals surface area contributed by atoms with E-state index in [4.69, 9.17) is 0 Å². The fourth-order valence-electron chi connectivity index (χ4n) is 4.07. The van der Waals surface area contributed by atoms with Crippen LogP contribution in [0.25, 0.3) is 12.2 Å². The van der Waals surface area contributed by atoms with E-state index in [9.17, 15) is 65.5 Å². The van der Waals surface area contributed by atoms with Crippen LogP contribution in [0.1, 0.15) is 11.1 Å². The number of aliphatic hydroxyl groups is 4. The molecule has 0 saturated carbocycles. The molecule has 2 aliphatic carbocycles. The van der Waals surface area contributed by atoms with E-state index in [1.54, 1.807) is 0 Å². The topological polar surface area (TPSA) is 307 Å². The molecule has 0 aliphatic heterocycles. The van der Waals surface area contributed by atoms with Crippen molar-refractivity contribution in [3.8, 4) is 0 Å². The van der Waals surface area contributed by atoms with E-state index in [-0.39, 0.29) is 22.5 Å². The smallest absolute Gasteiger partial charge is 0.295 e. The standard InChI is InChI=1S/C28H20N4O14S2/c33-19-9-7-17(25(35)23(19)27(37)38)31-29-15-5-3-13(21(11-15)47(41,42)43)1-2-14-4-6-16(12-22(14)48(44,45)46)30-32-18-8-10-20(34)24(26(18)36)28(39)40/h1-12,29-30,37-40H,(H,41,42,43)(H,44,45,46)/b2-1+,31-17-,32-18-. The number of carbonyl (C=O) groups is 4. The van der Waals surface area contributed by atoms with E-state index in [1.807, 2.05) is 0 Å². The van der Waals surface area contributed by atoms with Crippen LogP contribution in [0.5, 0.6) is 0 Å². The van der Waals surface area contributed by atoms with Gasteiger partial charge in [-0.1, -0.05) is 24.3 Å². The van der Waals surface area contributed by atoms with Crippen LogP contribution >= 0.6 is 0 Å². The van der Waals surface area contributed by atoms with E-state index in [0.717, 1.165) is 60.7 Å². The Morgan fingerprint density at radius 1 is 0.583 bits per heavy atom. The number of rotatable bonds is 8. The SMILES string of the molecule is O=C1C=C/C(=N/Nc2ccc(/C=C/c3ccc(N/N=C4/C=CC(=O)C(=C(O)O)C4=O)cc3S(=O)(=O)O)c(S(=O)(=O)O)c2)C(=O)C1=C(O)O. The first kappa shape index (κ1) is 34.6. The lowest BCUT2D eigenvalue weighted by atomic mass is 9.97. The second-order valence-corrected chi connectivity index (χ2v) is 12.2. The summed E-state index contributed by atoms with van der Waals surface area (Å²) in [7, 11) is -9.88. The third kappa shape index (κ3) is 7.59. The van der Waals surface area contributed by atoms with Gasteiger partial charge >= 0.3 is 0 Å². The Morgan fingerprint density at radius 2 is 0.938 bits per heavy atom. The molecule has 8 N–H and O–H groups in total. The maximum absolute atomic E-state index is 12.3. The molecule has 0 unspecified atom stereocenters. The number of Topliss-reactive ketones (excluding diaryl/α,β-unsaturated/α-hetero) is 2. The molecule has 2 aromatic rings. The lowest BCUT2D eigenvalue weighted by Crippen LogP contribution is -2.26. The minimum absolute atomic E-state index is 0.104. The summed E-state index contributed by atoms with van der Waals surface area (Å²) in [4.78, 5) is 46.6. The van der Waals surface area contributed by atoms with Gasteiger partial charge in [-0.15, -0.1) is 0 Å². The zero-order valence-electron chi connectivity index (χ0n) is 23.6. The molecule has 0 atom stereocenters. The van der Waals surface area contributed by atoms with Crippen molar-refractivity contribution in [1.82, 2.24) is 0 Å². The van der Waals surface area contributed by atoms with Crippen molar-refractivity contribution in [1.29, 1.82) is 0 Å². The molecule has 248 valence electrons. The number of anilines is 2. The summed E-state index contributed by atoms with van der Waals surface area (Å²) >= 11 is 0. The molecule has 4 rings (SSSR count). The molecule has 0 fully saturated rings. The van der Waals surface area contributed by atoms with E-state index >= 15 is 0 Å². The highest BCUT2D eigenvalue weighted by atomic mass is 32.2. The number of carbonyl (C=O) groups excluding carboxylic acids is 4. The van der Waals surface area contributed by atoms with Gasteiger partial charge in [0.1, 0.15) is 21.2 Å². The lowest BCUT2D eigenvalue weighted by molar-refractivity contribution is -0.118. The van der Waals surface area contributed by atoms with Crippen LogP contribution in [0.3, 0.4) is 0 Å². The normalized spacial score (nSPS) is 17.1. The number of nitrogens with one attached hydrogen (secondary N) is 2. The summed E-state index contributed by atoms with van der Waals surface area (Å²) in [6, 6.07) is 6.57. The third-order valence-electron chi connectivity index (χ3n) is 6.28. The monoisotopic (exact) mass is 700 g/mol. The molecule has 0 bridgehead atoms. The van der Waals surface area contributed by atoms with E-state index < -0.39 is 87.6 Å². The second-order valence-electron chi connectivity index (χ2n) is 9.46. The fourth-order valence-corrected chi connectivity index (χ4v) is 5.49. The largest absolute Gasteiger partial charge is 0.480 e. The summed E-state index contributed by atoms with van der Waals surface area (Å²) < 4.78 is 68.3. The first-order chi connectivity index (χ1) is 22.4. The average Bonchev–Trinajstić information content (AvgIpc) is 2.98. The molecule has 2 aliphatic rings. The van der Waals surface area contributed by atoms with E-state index in [0.29, 0.717) is 0 Å². The van der Waals surface area contributed by atoms with Crippen LogP contribution in [0, 0.1) is 0 Å². The highest BCUT2D eigenvalue weighted by molar-refractivity contribution is 7.86. The van der Waals surface area contributed by atoms with Crippen LogP contribution in [0.2, 0.25) is 0 Å². The van der Waals surface area contributed by atoms with Gasteiger partial charge in [0.15, 0.2) is 22.7 Å². The van der Waals surface area contributed by atoms with Gasteiger partial charge in [-0.2, -0.15) is 27.0 Å². The molecule has 0 saturated heterocycles. The van der Waals surface area contributed by atoms with E-state index in [1.165, 1.54) is 12.1 Å². The van der Waals surface area contributed by atoms with Crippen LogP contribution in [-0.2, 0) is 39.4 Å². The number of hydrogen-bond acceptors (Lipinski definition) is 16. The lowest BCUT2D eigenvalue weighted by Gasteiger charge is -2.11. The van der Waals surface area contributed by atoms with Crippen molar-refractivity contribution < 1.29 is 65.5 Å². The van der Waals surface area contributed by atoms with Crippen molar-refractivity contribution >= 4 is 78.3 Å². The Kier molecular flexibility index (Phi) is 9.57. The molecule has 2 aromatic carbocycles. The third-order valence-corrected chi connectivity index (χ3v) is 8.10. The van der Waals surface area contributed by atoms with Crippen molar-refractivity contribution in [2.75, 3.05) is 10.9 Å². The van der Waals surface area contributed by atoms with Crippen molar-refractivity contribution in [3.63, 3.8) is 0 Å². The second kappa shape index (κ2) is 13.3. The van der Waals surface area contributed by atoms with Gasteiger partial charge < -0.3 is 20.4 Å². The molecule has 0 aromatic heterocycles. The number of aliphatic hydroxyl groups excluding tert-OH is 2. The van der Waals surface area contributed by atoms with Gasteiger partial charge in [0.2, 0.25) is 11.6 Å². The number of allylic oxidation sites excluding steroid dienone is 6. The summed E-state index contributed by atoms with van der Waals surface area (Å²) in [5.41, 5.74) is 1.30. The van der Waals surface area contributed by atoms with Crippen molar-refractivity contribution in [2.45, 2.75) is 9.79 Å². The fraction of sp³-hybridized carbons (Fsp3) is 0. The predicted octanol–water partition coefficient (Wildman–Crippen LogP) is 1.96. The van der Waals surface area contributed by atoms with Gasteiger partial charge in [0, 0.05) is 0 Å². The number of nitrogens with zero attached hydrogens (tertiary/aromatic N) is 2. The Labute approximate surface area is 269 Å². The first-order valence-corrected chi connectivity index (χ1v) is 15.6. The maximum atomic E-state index is 12.3. The average molecular weight is 701 g/mol. The van der Waals surface area contributed by atoms with Gasteiger partial charge in [-0.05, 0) is 59.7 Å². The Bertz CT molecular complexity index is 2080. The Hall–Kier alpha value is -6.22. The van der Waals surface area contributed by atoms with E-state index in [2.05, 4.69) is 21.1 Å². The van der Waals surface area contributed by atoms with Gasteiger partial charge in [-0.3, -0.25) is 39.1 Å². The van der Waals surface area contributed by atoms with Gasteiger partial charge in [-0.25, -0.2) is 0 Å². The predicted molar refractivity (Wildman–Crippen MR) is 166 cm³/mol. The van der Waals surface area contributed by atoms with Crippen LogP contribution < -0.4 is 10.9 Å². The van der Waals surface area contributed by atoms with Crippen LogP contribution in [0.15, 0.2) is 104 Å². The minimum Gasteiger partial charge on any atom is -0.480 e. The number of ketones is 4. The molecular weight excluding hydrogens is 680 g/mol. The molecule has 18 nitrogen and oxygen atoms in total. The Morgan fingerprint density at radius 3 is 1.25 bits per heavy atom. The zero-order chi connectivity index (χ0) is 35.6. The van der Waals surface area contributed by atoms with Gasteiger partial charge in [0.05, 0.1) is 11.4 Å². The molecular formula is C28H20N4O14S2. The Balaban J connectivity index is 1.64. The molecule has 0 spiro atoms. The summed E-state index contributed by atoms with van der Waals surface area (Å²) in [5, 5.41) is 44.2. The minimum atomic E-state index is -4.94. The summed E-state index contributed by atoms with van der Waals surface area (Å²) in [6.45, 7) is 0. The van der Waals surface area contributed by atoms with Crippen LogP contribution in [0.4, 0.5) is 11.4 Å². The number of hydrogen-bond donors (Lipinski definition) is 8. The molecule has 0 amide bonds. The summed E-state index contributed by atoms with van der Waals surface area (Å²) in [6.07, 6.45) is 5.77. The number of hydrazone groups is 2.